The van der Waals surface area contributed by atoms with Crippen LogP contribution in [0, 0.1) is 11.3 Å². The molecule has 3 amide bonds. The van der Waals surface area contributed by atoms with Crippen molar-refractivity contribution in [1.29, 1.82) is 0 Å². The number of halogens is 3. The lowest BCUT2D eigenvalue weighted by atomic mass is 9.71. The maximum Gasteiger partial charge on any atom is 0.573 e. The molecule has 1 atom stereocenters. The van der Waals surface area contributed by atoms with Crippen LogP contribution in [-0.4, -0.2) is 58.1 Å². The zero-order chi connectivity index (χ0) is 30.4. The van der Waals surface area contributed by atoms with Crippen LogP contribution >= 0.6 is 0 Å². The highest BCUT2D eigenvalue weighted by Crippen LogP contribution is 2.39. The van der Waals surface area contributed by atoms with E-state index in [-0.39, 0.29) is 23.6 Å². The van der Waals surface area contributed by atoms with Gasteiger partial charge < -0.3 is 30.5 Å². The summed E-state index contributed by atoms with van der Waals surface area (Å²) in [6, 6.07) is 10.9. The van der Waals surface area contributed by atoms with E-state index in [0.29, 0.717) is 11.6 Å². The largest absolute Gasteiger partial charge is 0.573 e. The Morgan fingerprint density at radius 2 is 1.56 bits per heavy atom. The standard InChI is InChI=1S/C29H36F3N3O6/c1-28(2,3)20-8-12-22(13-9-20)35(27(40)34-21-10-14-23(15-11-21)41-29(30,31)32)17-18-4-6-19(7-5-18)25(37)33-16-24(36)26(38)39/h4-7,10-11,14-15,20,22,24,36H,8-9,12-13,16-17H2,1-3H3,(H,33,37)(H,34,40)(H,38,39)/t20?,22?,24-/m1/s1. The maximum atomic E-state index is 13.5. The van der Waals surface area contributed by atoms with E-state index >= 15 is 0 Å². The molecule has 4 N–H and O–H groups in total. The van der Waals surface area contributed by atoms with Gasteiger partial charge >= 0.3 is 18.4 Å². The fourth-order valence-electron chi connectivity index (χ4n) is 4.89. The number of hydrogen-bond donors (Lipinski definition) is 4. The number of anilines is 1. The zero-order valence-corrected chi connectivity index (χ0v) is 23.2. The van der Waals surface area contributed by atoms with Gasteiger partial charge in [-0.2, -0.15) is 0 Å². The topological polar surface area (TPSA) is 128 Å². The second kappa shape index (κ2) is 13.2. The molecule has 41 heavy (non-hydrogen) atoms. The quantitative estimate of drug-likeness (QED) is 0.315. The fourth-order valence-corrected chi connectivity index (χ4v) is 4.89. The maximum absolute atomic E-state index is 13.5. The van der Waals surface area contributed by atoms with Gasteiger partial charge in [0.05, 0.1) is 6.54 Å². The molecule has 0 aliphatic heterocycles. The minimum Gasteiger partial charge on any atom is -0.479 e. The van der Waals surface area contributed by atoms with Crippen LogP contribution in [0.2, 0.25) is 0 Å². The molecule has 12 heteroatoms. The number of amides is 3. The van der Waals surface area contributed by atoms with Gasteiger partial charge in [0.15, 0.2) is 6.10 Å². The van der Waals surface area contributed by atoms with Crippen LogP contribution in [0.15, 0.2) is 48.5 Å². The molecule has 1 aliphatic rings. The monoisotopic (exact) mass is 579 g/mol. The number of ether oxygens (including phenoxy) is 1. The van der Waals surface area contributed by atoms with Gasteiger partial charge in [-0.05, 0) is 79.0 Å². The minimum atomic E-state index is -4.82. The van der Waals surface area contributed by atoms with Crippen LogP contribution in [0.5, 0.6) is 5.75 Å². The van der Waals surface area contributed by atoms with E-state index in [1.54, 1.807) is 29.2 Å². The Morgan fingerprint density at radius 3 is 2.07 bits per heavy atom. The molecule has 0 heterocycles. The highest BCUT2D eigenvalue weighted by molar-refractivity contribution is 5.94. The van der Waals surface area contributed by atoms with Crippen molar-refractivity contribution in [3.8, 4) is 5.75 Å². The first kappa shape index (κ1) is 31.7. The van der Waals surface area contributed by atoms with Crippen molar-refractivity contribution in [3.63, 3.8) is 0 Å². The molecular formula is C29H36F3N3O6. The highest BCUT2D eigenvalue weighted by Gasteiger charge is 2.34. The number of rotatable bonds is 9. The Morgan fingerprint density at radius 1 is 0.976 bits per heavy atom. The SMILES string of the molecule is CC(C)(C)C1CCC(N(Cc2ccc(C(=O)NC[C@@H](O)C(=O)O)cc2)C(=O)Nc2ccc(OC(F)(F)F)cc2)CC1. The third kappa shape index (κ3) is 9.66. The molecule has 224 valence electrons. The Bertz CT molecular complexity index is 1190. The number of benzene rings is 2. The Hall–Kier alpha value is -3.80. The number of alkyl halides is 3. The number of aliphatic hydroxyl groups excluding tert-OH is 1. The average Bonchev–Trinajstić information content (AvgIpc) is 2.90. The van der Waals surface area contributed by atoms with Gasteiger partial charge in [-0.25, -0.2) is 9.59 Å². The van der Waals surface area contributed by atoms with E-state index in [9.17, 15) is 32.7 Å². The van der Waals surface area contributed by atoms with Gasteiger partial charge in [-0.1, -0.05) is 32.9 Å². The molecule has 0 bridgehead atoms. The van der Waals surface area contributed by atoms with Gasteiger partial charge in [0, 0.05) is 23.8 Å². The lowest BCUT2D eigenvalue weighted by molar-refractivity contribution is -0.274. The number of aliphatic carboxylic acids is 1. The molecule has 9 nitrogen and oxygen atoms in total. The second-order valence-corrected chi connectivity index (χ2v) is 11.3. The number of nitrogens with zero attached hydrogens (tertiary/aromatic N) is 1. The van der Waals surface area contributed by atoms with Crippen molar-refractivity contribution in [2.24, 2.45) is 11.3 Å². The molecule has 0 aromatic heterocycles. The van der Waals surface area contributed by atoms with Crippen molar-refractivity contribution in [1.82, 2.24) is 10.2 Å². The smallest absolute Gasteiger partial charge is 0.479 e. The lowest BCUT2D eigenvalue weighted by Gasteiger charge is -2.41. The van der Waals surface area contributed by atoms with Crippen LogP contribution in [0.25, 0.3) is 0 Å². The van der Waals surface area contributed by atoms with E-state index in [0.717, 1.165) is 43.4 Å². The van der Waals surface area contributed by atoms with Crippen molar-refractivity contribution < 1.29 is 42.5 Å². The molecule has 0 saturated heterocycles. The van der Waals surface area contributed by atoms with E-state index in [1.165, 1.54) is 12.1 Å². The summed E-state index contributed by atoms with van der Waals surface area (Å²) in [7, 11) is 0. The zero-order valence-electron chi connectivity index (χ0n) is 23.2. The molecule has 1 aliphatic carbocycles. The molecule has 2 aromatic carbocycles. The van der Waals surface area contributed by atoms with Crippen LogP contribution < -0.4 is 15.4 Å². The first-order valence-electron chi connectivity index (χ1n) is 13.3. The summed E-state index contributed by atoms with van der Waals surface area (Å²) in [6.45, 7) is 6.40. The van der Waals surface area contributed by atoms with E-state index in [4.69, 9.17) is 5.11 Å². The number of carboxylic acid groups (broad SMARTS) is 1. The Kier molecular flexibility index (Phi) is 10.2. The first-order valence-corrected chi connectivity index (χ1v) is 13.3. The number of carbonyl (C=O) groups excluding carboxylic acids is 2. The van der Waals surface area contributed by atoms with Crippen molar-refractivity contribution in [3.05, 3.63) is 59.7 Å². The third-order valence-electron chi connectivity index (χ3n) is 7.27. The molecule has 1 fully saturated rings. The third-order valence-corrected chi connectivity index (χ3v) is 7.27. The van der Waals surface area contributed by atoms with Gasteiger partial charge in [-0.3, -0.25) is 4.79 Å². The lowest BCUT2D eigenvalue weighted by Crippen LogP contribution is -2.45. The van der Waals surface area contributed by atoms with Crippen LogP contribution in [0.3, 0.4) is 0 Å². The van der Waals surface area contributed by atoms with E-state index in [2.05, 4.69) is 36.1 Å². The van der Waals surface area contributed by atoms with Crippen LogP contribution in [0.1, 0.15) is 62.4 Å². The fraction of sp³-hybridized carbons (Fsp3) is 0.483. The Balaban J connectivity index is 1.72. The first-order chi connectivity index (χ1) is 19.1. The van der Waals surface area contributed by atoms with Crippen molar-refractivity contribution in [2.75, 3.05) is 11.9 Å². The molecule has 2 aromatic rings. The molecule has 1 saturated carbocycles. The summed E-state index contributed by atoms with van der Waals surface area (Å²) >= 11 is 0. The van der Waals surface area contributed by atoms with Crippen molar-refractivity contribution in [2.45, 2.75) is 71.5 Å². The predicted molar refractivity (Wildman–Crippen MR) is 145 cm³/mol. The van der Waals surface area contributed by atoms with Gasteiger partial charge in [0.2, 0.25) is 0 Å². The highest BCUT2D eigenvalue weighted by atomic mass is 19.4. The second-order valence-electron chi connectivity index (χ2n) is 11.3. The van der Waals surface area contributed by atoms with E-state index < -0.39 is 42.7 Å². The van der Waals surface area contributed by atoms with Gasteiger partial charge in [-0.15, -0.1) is 13.2 Å². The number of urea groups is 1. The molecule has 0 radical (unpaired) electrons. The number of carbonyl (C=O) groups is 3. The number of hydrogen-bond acceptors (Lipinski definition) is 5. The summed E-state index contributed by atoms with van der Waals surface area (Å²) in [5.74, 6) is -1.87. The summed E-state index contributed by atoms with van der Waals surface area (Å²) in [5, 5.41) is 23.2. The number of aliphatic hydroxyl groups is 1. The average molecular weight is 580 g/mol. The molecule has 3 rings (SSSR count). The minimum absolute atomic E-state index is 0.0677. The van der Waals surface area contributed by atoms with Crippen LogP contribution in [-0.2, 0) is 11.3 Å². The summed E-state index contributed by atoms with van der Waals surface area (Å²) in [4.78, 5) is 38.2. The molecular weight excluding hydrogens is 543 g/mol. The summed E-state index contributed by atoms with van der Waals surface area (Å²) in [6.07, 6.45) is -3.05. The summed E-state index contributed by atoms with van der Waals surface area (Å²) < 4.78 is 41.4. The predicted octanol–water partition coefficient (Wildman–Crippen LogP) is 5.40. The van der Waals surface area contributed by atoms with E-state index in [1.807, 2.05) is 0 Å². The normalized spacial score (nSPS) is 18.2. The summed E-state index contributed by atoms with van der Waals surface area (Å²) in [5.41, 5.74) is 1.46. The number of carboxylic acids is 1. The number of nitrogens with one attached hydrogen (secondary N) is 2. The molecule has 0 spiro atoms. The van der Waals surface area contributed by atoms with Gasteiger partial charge in [0.1, 0.15) is 5.75 Å². The Labute approximate surface area is 236 Å². The van der Waals surface area contributed by atoms with Crippen molar-refractivity contribution >= 4 is 23.6 Å². The van der Waals surface area contributed by atoms with Gasteiger partial charge in [0.25, 0.3) is 5.91 Å². The van der Waals surface area contributed by atoms with Crippen LogP contribution in [0.4, 0.5) is 23.7 Å². The molecule has 0 unspecified atom stereocenters.